The van der Waals surface area contributed by atoms with Gasteiger partial charge >= 0.3 is 0 Å². The van der Waals surface area contributed by atoms with Crippen molar-refractivity contribution in [3.8, 4) is 5.75 Å². The van der Waals surface area contributed by atoms with Crippen LogP contribution in [0.2, 0.25) is 0 Å². The molecule has 21 heavy (non-hydrogen) atoms. The topological polar surface area (TPSA) is 43.3 Å². The molecule has 0 spiro atoms. The highest BCUT2D eigenvalue weighted by molar-refractivity contribution is 14.2. The van der Waals surface area contributed by atoms with Crippen molar-refractivity contribution in [2.45, 2.75) is 20.3 Å². The van der Waals surface area contributed by atoms with Crippen LogP contribution in [0.5, 0.6) is 5.75 Å². The Labute approximate surface area is 139 Å². The second-order valence-corrected chi connectivity index (χ2v) is 6.35. The molecule has 0 radical (unpaired) electrons. The van der Waals surface area contributed by atoms with Crippen molar-refractivity contribution in [2.24, 2.45) is 0 Å². The molecule has 4 nitrogen and oxygen atoms in total. The predicted octanol–water partition coefficient (Wildman–Crippen LogP) is 3.62. The fourth-order valence-corrected chi connectivity index (χ4v) is 4.34. The lowest BCUT2D eigenvalue weighted by atomic mass is 10.1. The van der Waals surface area contributed by atoms with Crippen LogP contribution in [0.25, 0.3) is 10.9 Å². The van der Waals surface area contributed by atoms with E-state index >= 15 is 0 Å². The van der Waals surface area contributed by atoms with Crippen LogP contribution in [0.1, 0.15) is 18.2 Å². The van der Waals surface area contributed by atoms with Gasteiger partial charge in [0.2, 0.25) is 5.91 Å². The summed E-state index contributed by atoms with van der Waals surface area (Å²) in [7, 11) is 2.96. The number of carbonyl (C=O) groups excluding carboxylic acids is 1. The number of carbonyl (C=O) groups is 1. The lowest BCUT2D eigenvalue weighted by Gasteiger charge is -2.05. The Bertz CT molecular complexity index is 687. The van der Waals surface area contributed by atoms with Gasteiger partial charge in [-0.2, -0.15) is 0 Å². The summed E-state index contributed by atoms with van der Waals surface area (Å²) in [6, 6.07) is 3.22. The minimum atomic E-state index is -0.373. The molecule has 0 atom stereocenters. The standard InChI is InChI=1S/C14H16FIN2O2S/c1-8-10(4-5-17-9(2)19)11-6-14(20-3)12(15)7-13(11)18(8)21-16/h6-7H,4-5H2,1-3H3,(H,17,19). The van der Waals surface area contributed by atoms with E-state index in [0.717, 1.165) is 22.2 Å². The van der Waals surface area contributed by atoms with Gasteiger partial charge in [0.05, 0.1) is 12.6 Å². The summed E-state index contributed by atoms with van der Waals surface area (Å²) in [6.45, 7) is 4.05. The highest BCUT2D eigenvalue weighted by Gasteiger charge is 2.17. The zero-order valence-electron chi connectivity index (χ0n) is 12.0. The molecule has 1 heterocycles. The van der Waals surface area contributed by atoms with Gasteiger partial charge in [0.25, 0.3) is 0 Å². The van der Waals surface area contributed by atoms with E-state index in [-0.39, 0.29) is 17.5 Å². The van der Waals surface area contributed by atoms with Gasteiger partial charge < -0.3 is 10.1 Å². The number of ether oxygens (including phenoxy) is 1. The highest BCUT2D eigenvalue weighted by atomic mass is 127. The smallest absolute Gasteiger partial charge is 0.216 e. The van der Waals surface area contributed by atoms with Gasteiger partial charge in [-0.3, -0.25) is 8.77 Å². The number of methoxy groups -OCH3 is 1. The van der Waals surface area contributed by atoms with Gasteiger partial charge in [-0.05, 0) is 25.0 Å². The van der Waals surface area contributed by atoms with Crippen LogP contribution in [-0.4, -0.2) is 23.5 Å². The van der Waals surface area contributed by atoms with Gasteiger partial charge in [0.15, 0.2) is 11.6 Å². The number of rotatable bonds is 5. The van der Waals surface area contributed by atoms with Gasteiger partial charge in [0.1, 0.15) is 0 Å². The van der Waals surface area contributed by atoms with Crippen LogP contribution >= 0.6 is 30.3 Å². The Morgan fingerprint density at radius 3 is 2.81 bits per heavy atom. The maximum absolute atomic E-state index is 13.9. The number of fused-ring (bicyclic) bond motifs is 1. The van der Waals surface area contributed by atoms with Crippen molar-refractivity contribution in [2.75, 3.05) is 13.7 Å². The summed E-state index contributed by atoms with van der Waals surface area (Å²) in [4.78, 5) is 11.0. The number of benzene rings is 1. The van der Waals surface area contributed by atoms with Crippen molar-refractivity contribution in [3.63, 3.8) is 0 Å². The lowest BCUT2D eigenvalue weighted by Crippen LogP contribution is -2.22. The van der Waals surface area contributed by atoms with E-state index in [1.165, 1.54) is 29.2 Å². The molecule has 1 aromatic carbocycles. The molecule has 1 N–H and O–H groups in total. The van der Waals surface area contributed by atoms with E-state index in [4.69, 9.17) is 4.74 Å². The van der Waals surface area contributed by atoms with Crippen molar-refractivity contribution in [1.29, 1.82) is 0 Å². The molecule has 0 fully saturated rings. The second kappa shape index (κ2) is 6.87. The van der Waals surface area contributed by atoms with Crippen molar-refractivity contribution in [1.82, 2.24) is 9.29 Å². The lowest BCUT2D eigenvalue weighted by molar-refractivity contribution is -0.118. The number of aromatic nitrogens is 1. The maximum Gasteiger partial charge on any atom is 0.216 e. The van der Waals surface area contributed by atoms with E-state index < -0.39 is 0 Å². The molecule has 1 aromatic heterocycles. The summed E-state index contributed by atoms with van der Waals surface area (Å²) >= 11 is 2.17. The van der Waals surface area contributed by atoms with E-state index in [0.29, 0.717) is 13.0 Å². The first kappa shape index (κ1) is 16.4. The summed E-state index contributed by atoms with van der Waals surface area (Å²) in [5.74, 6) is -0.190. The van der Waals surface area contributed by atoms with Crippen LogP contribution in [0.3, 0.4) is 0 Å². The zero-order valence-corrected chi connectivity index (χ0v) is 15.0. The number of amides is 1. The molecule has 0 aliphatic carbocycles. The van der Waals surface area contributed by atoms with E-state index in [2.05, 4.69) is 26.5 Å². The fraction of sp³-hybridized carbons (Fsp3) is 0.357. The average molecular weight is 422 g/mol. The van der Waals surface area contributed by atoms with Crippen molar-refractivity contribution >= 4 is 47.1 Å². The molecule has 0 bridgehead atoms. The molecule has 0 aliphatic heterocycles. The van der Waals surface area contributed by atoms with E-state index in [1.54, 1.807) is 6.07 Å². The predicted molar refractivity (Wildman–Crippen MR) is 92.6 cm³/mol. The Morgan fingerprint density at radius 1 is 1.52 bits per heavy atom. The number of hydrogen-bond donors (Lipinski definition) is 1. The first-order valence-electron chi connectivity index (χ1n) is 6.40. The first-order valence-corrected chi connectivity index (χ1v) is 9.72. The third-order valence-corrected chi connectivity index (χ3v) is 5.16. The molecule has 7 heteroatoms. The normalized spacial score (nSPS) is 10.9. The molecule has 0 aliphatic rings. The third-order valence-electron chi connectivity index (χ3n) is 3.37. The quantitative estimate of drug-likeness (QED) is 0.749. The number of hydrogen-bond acceptors (Lipinski definition) is 3. The fourth-order valence-electron chi connectivity index (χ4n) is 2.38. The second-order valence-electron chi connectivity index (χ2n) is 4.66. The van der Waals surface area contributed by atoms with Crippen molar-refractivity contribution in [3.05, 3.63) is 29.2 Å². The summed E-state index contributed by atoms with van der Waals surface area (Å²) < 4.78 is 21.0. The Kier molecular flexibility index (Phi) is 5.37. The third kappa shape index (κ3) is 3.28. The Hall–Kier alpha value is -0.960. The summed E-state index contributed by atoms with van der Waals surface area (Å²) in [6.07, 6.45) is 0.695. The molecular formula is C14H16FIN2O2S. The van der Waals surface area contributed by atoms with Crippen LogP contribution in [0.15, 0.2) is 12.1 Å². The minimum Gasteiger partial charge on any atom is -0.494 e. The monoisotopic (exact) mass is 422 g/mol. The Balaban J connectivity index is 2.52. The molecule has 0 unspecified atom stereocenters. The van der Waals surface area contributed by atoms with Crippen LogP contribution in [0, 0.1) is 12.7 Å². The molecule has 2 rings (SSSR count). The maximum atomic E-state index is 13.9. The number of halogens is 2. The van der Waals surface area contributed by atoms with Crippen LogP contribution < -0.4 is 10.1 Å². The van der Waals surface area contributed by atoms with Gasteiger partial charge in [-0.1, -0.05) is 0 Å². The SMILES string of the molecule is COc1cc2c(CCNC(C)=O)c(C)n(SI)c2cc1F. The zero-order chi connectivity index (χ0) is 15.6. The average Bonchev–Trinajstić information content (AvgIpc) is 2.69. The van der Waals surface area contributed by atoms with Gasteiger partial charge in [-0.15, -0.1) is 0 Å². The number of nitrogens with zero attached hydrogens (tertiary/aromatic N) is 1. The highest BCUT2D eigenvalue weighted by Crippen LogP contribution is 2.35. The molecule has 0 saturated carbocycles. The van der Waals surface area contributed by atoms with Crippen molar-refractivity contribution < 1.29 is 13.9 Å². The molecule has 114 valence electrons. The Morgan fingerprint density at radius 2 is 2.24 bits per heavy atom. The molecular weight excluding hydrogens is 406 g/mol. The summed E-state index contributed by atoms with van der Waals surface area (Å²) in [5.41, 5.74) is 2.98. The van der Waals surface area contributed by atoms with Crippen LogP contribution in [-0.2, 0) is 11.2 Å². The molecule has 0 saturated heterocycles. The minimum absolute atomic E-state index is 0.0525. The summed E-state index contributed by atoms with van der Waals surface area (Å²) in [5, 5.41) is 3.75. The molecule has 2 aromatic rings. The molecule has 1 amide bonds. The van der Waals surface area contributed by atoms with Gasteiger partial charge in [-0.25, -0.2) is 4.39 Å². The van der Waals surface area contributed by atoms with E-state index in [9.17, 15) is 9.18 Å². The van der Waals surface area contributed by atoms with E-state index in [1.807, 2.05) is 10.9 Å². The van der Waals surface area contributed by atoms with Crippen LogP contribution in [0.4, 0.5) is 4.39 Å². The van der Waals surface area contributed by atoms with Gasteiger partial charge in [0, 0.05) is 60.9 Å². The largest absolute Gasteiger partial charge is 0.494 e. The first-order chi connectivity index (χ1) is 9.99. The number of nitrogens with one attached hydrogen (secondary N) is 1.